The fourth-order valence-corrected chi connectivity index (χ4v) is 5.04. The van der Waals surface area contributed by atoms with Gasteiger partial charge in [0.2, 0.25) is 0 Å². The third kappa shape index (κ3) is 4.01. The second-order valence-electron chi connectivity index (χ2n) is 7.52. The fourth-order valence-electron chi connectivity index (χ4n) is 3.78. The summed E-state index contributed by atoms with van der Waals surface area (Å²) in [5.41, 5.74) is 1.43. The van der Waals surface area contributed by atoms with E-state index in [1.807, 2.05) is 12.1 Å². The summed E-state index contributed by atoms with van der Waals surface area (Å²) in [5.74, 6) is 0.338. The molecule has 4 aromatic rings. The lowest BCUT2D eigenvalue weighted by Gasteiger charge is -2.12. The molecule has 0 bridgehead atoms. The van der Waals surface area contributed by atoms with Gasteiger partial charge in [0.15, 0.2) is 0 Å². The fraction of sp³-hybridized carbons (Fsp3) is 0.217. The van der Waals surface area contributed by atoms with Crippen LogP contribution >= 0.6 is 11.3 Å². The third-order valence-electron chi connectivity index (χ3n) is 5.39. The van der Waals surface area contributed by atoms with Gasteiger partial charge in [-0.25, -0.2) is 0 Å². The molecule has 1 N–H and O–H groups in total. The van der Waals surface area contributed by atoms with Crippen molar-refractivity contribution in [3.63, 3.8) is 0 Å². The van der Waals surface area contributed by atoms with Gasteiger partial charge in [0.1, 0.15) is 18.1 Å². The maximum absolute atomic E-state index is 12.7. The highest BCUT2D eigenvalue weighted by Gasteiger charge is 2.32. The first-order valence-corrected chi connectivity index (χ1v) is 10.8. The summed E-state index contributed by atoms with van der Waals surface area (Å²) < 4.78 is 46.1. The van der Waals surface area contributed by atoms with Crippen molar-refractivity contribution < 1.29 is 17.9 Å². The van der Waals surface area contributed by atoms with Crippen LogP contribution in [0.15, 0.2) is 59.7 Å². The molecule has 0 saturated carbocycles. The lowest BCUT2D eigenvalue weighted by atomic mass is 10.0. The van der Waals surface area contributed by atoms with Gasteiger partial charge in [-0.1, -0.05) is 12.1 Å². The van der Waals surface area contributed by atoms with E-state index in [0.29, 0.717) is 11.3 Å². The van der Waals surface area contributed by atoms with Crippen molar-refractivity contribution in [3.05, 3.63) is 86.9 Å². The van der Waals surface area contributed by atoms with Crippen molar-refractivity contribution in [2.45, 2.75) is 25.7 Å². The van der Waals surface area contributed by atoms with Crippen molar-refractivity contribution in [3.8, 4) is 11.4 Å². The van der Waals surface area contributed by atoms with Crippen LogP contribution in [0.3, 0.4) is 0 Å². The largest absolute Gasteiger partial charge is 0.489 e. The molecule has 3 aromatic heterocycles. The summed E-state index contributed by atoms with van der Waals surface area (Å²) in [6, 6.07) is 11.3. The Morgan fingerprint density at radius 1 is 1.16 bits per heavy atom. The van der Waals surface area contributed by atoms with Gasteiger partial charge in [0.25, 0.3) is 5.56 Å². The van der Waals surface area contributed by atoms with Crippen LogP contribution in [-0.2, 0) is 25.7 Å². The highest BCUT2D eigenvalue weighted by molar-refractivity contribution is 7.19. The van der Waals surface area contributed by atoms with Crippen LogP contribution in [-0.4, -0.2) is 16.1 Å². The summed E-state index contributed by atoms with van der Waals surface area (Å²) in [5, 5.41) is 4.63. The second kappa shape index (κ2) is 8.07. The monoisotopic (exact) mass is 457 g/mol. The number of fused-ring (bicyclic) bond motifs is 3. The maximum atomic E-state index is 12.7. The van der Waals surface area contributed by atoms with E-state index in [9.17, 15) is 18.0 Å². The second-order valence-corrected chi connectivity index (χ2v) is 8.66. The summed E-state index contributed by atoms with van der Waals surface area (Å²) in [7, 11) is 0. The smallest absolute Gasteiger partial charge is 0.433 e. The van der Waals surface area contributed by atoms with E-state index in [2.05, 4.69) is 16.4 Å². The van der Waals surface area contributed by atoms with Crippen molar-refractivity contribution >= 4 is 21.4 Å². The SMILES string of the molecule is O=c1cc(OCc2ccc(C(F)(F)F)nc2)ccn1-c1ccc2c3c(sc2c1)CNCC3. The predicted molar refractivity (Wildman–Crippen MR) is 116 cm³/mol. The van der Waals surface area contributed by atoms with Crippen LogP contribution < -0.4 is 15.6 Å². The van der Waals surface area contributed by atoms with Crippen LogP contribution in [0.5, 0.6) is 5.75 Å². The summed E-state index contributed by atoms with van der Waals surface area (Å²) in [6.07, 6.45) is -0.713. The first-order valence-electron chi connectivity index (χ1n) is 10.0. The van der Waals surface area contributed by atoms with Crippen LogP contribution in [0, 0.1) is 0 Å². The molecule has 5 nitrogen and oxygen atoms in total. The van der Waals surface area contributed by atoms with E-state index in [4.69, 9.17) is 4.74 Å². The minimum atomic E-state index is -4.48. The number of thiophene rings is 1. The Morgan fingerprint density at radius 3 is 2.78 bits per heavy atom. The number of pyridine rings is 2. The molecule has 0 unspecified atom stereocenters. The lowest BCUT2D eigenvalue weighted by Crippen LogP contribution is -2.21. The van der Waals surface area contributed by atoms with E-state index in [0.717, 1.165) is 42.2 Å². The zero-order chi connectivity index (χ0) is 22.3. The van der Waals surface area contributed by atoms with Gasteiger partial charge in [-0.3, -0.25) is 14.3 Å². The molecule has 4 heterocycles. The van der Waals surface area contributed by atoms with Crippen molar-refractivity contribution in [2.75, 3.05) is 6.54 Å². The average molecular weight is 457 g/mol. The Labute approximate surface area is 185 Å². The van der Waals surface area contributed by atoms with E-state index in [-0.39, 0.29) is 12.2 Å². The first-order chi connectivity index (χ1) is 15.4. The quantitative estimate of drug-likeness (QED) is 0.483. The zero-order valence-electron chi connectivity index (χ0n) is 16.8. The molecule has 9 heteroatoms. The van der Waals surface area contributed by atoms with Gasteiger partial charge in [-0.15, -0.1) is 11.3 Å². The number of halogens is 3. The molecule has 0 saturated heterocycles. The topological polar surface area (TPSA) is 56.1 Å². The number of nitrogens with one attached hydrogen (secondary N) is 1. The number of rotatable bonds is 4. The highest BCUT2D eigenvalue weighted by Crippen LogP contribution is 2.34. The Balaban J connectivity index is 1.33. The van der Waals surface area contributed by atoms with Gasteiger partial charge < -0.3 is 10.1 Å². The molecule has 0 atom stereocenters. The Bertz CT molecular complexity index is 1340. The molecule has 1 aromatic carbocycles. The van der Waals surface area contributed by atoms with E-state index >= 15 is 0 Å². The maximum Gasteiger partial charge on any atom is 0.433 e. The van der Waals surface area contributed by atoms with Gasteiger partial charge in [-0.2, -0.15) is 13.2 Å². The van der Waals surface area contributed by atoms with Crippen molar-refractivity contribution in [2.24, 2.45) is 0 Å². The summed E-state index contributed by atoms with van der Waals surface area (Å²) >= 11 is 1.75. The molecule has 0 spiro atoms. The number of aromatic nitrogens is 2. The molecule has 5 rings (SSSR count). The predicted octanol–water partition coefficient (Wildman–Crippen LogP) is 4.69. The molecule has 0 amide bonds. The normalized spacial score (nSPS) is 13.8. The van der Waals surface area contributed by atoms with Gasteiger partial charge >= 0.3 is 6.18 Å². The van der Waals surface area contributed by atoms with Crippen molar-refractivity contribution in [1.29, 1.82) is 0 Å². The number of hydrogen-bond acceptors (Lipinski definition) is 5. The van der Waals surface area contributed by atoms with E-state index < -0.39 is 11.9 Å². The van der Waals surface area contributed by atoms with E-state index in [1.54, 1.807) is 28.2 Å². The third-order valence-corrected chi connectivity index (χ3v) is 6.58. The summed E-state index contributed by atoms with van der Waals surface area (Å²) in [6.45, 7) is 1.86. The molecule has 0 radical (unpaired) electrons. The average Bonchev–Trinajstić information content (AvgIpc) is 3.15. The first kappa shape index (κ1) is 20.7. The van der Waals surface area contributed by atoms with Crippen LogP contribution in [0.1, 0.15) is 21.7 Å². The van der Waals surface area contributed by atoms with Crippen LogP contribution in [0.4, 0.5) is 13.2 Å². The van der Waals surface area contributed by atoms with Gasteiger partial charge in [0.05, 0.1) is 5.69 Å². The minimum Gasteiger partial charge on any atom is -0.489 e. The molecule has 0 fully saturated rings. The van der Waals surface area contributed by atoms with Gasteiger partial charge in [-0.05, 0) is 48.2 Å². The van der Waals surface area contributed by atoms with Crippen LogP contribution in [0.2, 0.25) is 0 Å². The number of ether oxygens (including phenoxy) is 1. The highest BCUT2D eigenvalue weighted by atomic mass is 32.1. The number of benzene rings is 1. The molecular weight excluding hydrogens is 439 g/mol. The molecule has 164 valence electrons. The molecule has 32 heavy (non-hydrogen) atoms. The number of alkyl halides is 3. The summed E-state index contributed by atoms with van der Waals surface area (Å²) in [4.78, 5) is 17.4. The van der Waals surface area contributed by atoms with E-state index in [1.165, 1.54) is 28.0 Å². The minimum absolute atomic E-state index is 0.00926. The van der Waals surface area contributed by atoms with Crippen LogP contribution in [0.25, 0.3) is 15.8 Å². The Morgan fingerprint density at radius 2 is 2.03 bits per heavy atom. The Hall–Kier alpha value is -3.17. The lowest BCUT2D eigenvalue weighted by molar-refractivity contribution is -0.141. The molecule has 1 aliphatic heterocycles. The standard InChI is InChI=1S/C23H18F3N3O2S/c24-23(25,26)21-4-1-14(11-28-21)13-31-16-6-8-29(22(30)10-16)15-2-3-17-18-5-7-27-12-20(18)32-19(17)9-15/h1-4,6,8-11,27H,5,7,12-13H2. The van der Waals surface area contributed by atoms with Gasteiger partial charge in [0, 0.05) is 40.1 Å². The number of nitrogens with zero attached hydrogens (tertiary/aromatic N) is 2. The number of hydrogen-bond donors (Lipinski definition) is 1. The molecular formula is C23H18F3N3O2S. The van der Waals surface area contributed by atoms with Crippen molar-refractivity contribution in [1.82, 2.24) is 14.9 Å². The zero-order valence-corrected chi connectivity index (χ0v) is 17.6. The molecule has 1 aliphatic rings. The molecule has 0 aliphatic carbocycles. The Kier molecular flexibility index (Phi) is 5.22.